The maximum absolute atomic E-state index is 13.4. The summed E-state index contributed by atoms with van der Waals surface area (Å²) in [6, 6.07) is 11.3. The zero-order valence-corrected chi connectivity index (χ0v) is 9.86. The second-order valence-electron chi connectivity index (χ2n) is 3.76. The SMILES string of the molecule is C=C(Oc1cccc(F)c1C#N)c1ccc(F)cc1. The number of rotatable bonds is 3. The largest absolute Gasteiger partial charge is 0.456 e. The van der Waals surface area contributed by atoms with Crippen molar-refractivity contribution in [3.63, 3.8) is 0 Å². The van der Waals surface area contributed by atoms with Crippen molar-refractivity contribution >= 4 is 5.76 Å². The fourth-order valence-corrected chi connectivity index (χ4v) is 1.53. The summed E-state index contributed by atoms with van der Waals surface area (Å²) in [5, 5.41) is 8.87. The van der Waals surface area contributed by atoms with Crippen LogP contribution >= 0.6 is 0 Å². The molecule has 0 aromatic heterocycles. The molecule has 0 amide bonds. The lowest BCUT2D eigenvalue weighted by molar-refractivity contribution is 0.505. The normalized spacial score (nSPS) is 9.74. The molecule has 0 radical (unpaired) electrons. The summed E-state index contributed by atoms with van der Waals surface area (Å²) in [4.78, 5) is 0. The van der Waals surface area contributed by atoms with Gasteiger partial charge < -0.3 is 4.74 Å². The van der Waals surface area contributed by atoms with Crippen LogP contribution in [0.1, 0.15) is 11.1 Å². The monoisotopic (exact) mass is 257 g/mol. The number of benzene rings is 2. The summed E-state index contributed by atoms with van der Waals surface area (Å²) in [7, 11) is 0. The van der Waals surface area contributed by atoms with Crippen LogP contribution in [0.2, 0.25) is 0 Å². The smallest absolute Gasteiger partial charge is 0.148 e. The number of ether oxygens (including phenoxy) is 1. The lowest BCUT2D eigenvalue weighted by Crippen LogP contribution is -1.97. The van der Waals surface area contributed by atoms with E-state index in [9.17, 15) is 8.78 Å². The number of nitriles is 1. The third kappa shape index (κ3) is 2.78. The number of nitrogens with zero attached hydrogens (tertiary/aromatic N) is 1. The minimum absolute atomic E-state index is 0.0804. The van der Waals surface area contributed by atoms with E-state index < -0.39 is 5.82 Å². The summed E-state index contributed by atoms with van der Waals surface area (Å²) in [5.41, 5.74) is 0.361. The number of halogens is 2. The van der Waals surface area contributed by atoms with Gasteiger partial charge in [0.15, 0.2) is 0 Å². The van der Waals surface area contributed by atoms with Crippen LogP contribution in [0.3, 0.4) is 0 Å². The second-order valence-corrected chi connectivity index (χ2v) is 3.76. The highest BCUT2D eigenvalue weighted by atomic mass is 19.1. The van der Waals surface area contributed by atoms with Crippen molar-refractivity contribution in [3.05, 3.63) is 71.8 Å². The van der Waals surface area contributed by atoms with Gasteiger partial charge in [0, 0.05) is 5.56 Å². The maximum Gasteiger partial charge on any atom is 0.148 e. The Labute approximate surface area is 109 Å². The lowest BCUT2D eigenvalue weighted by Gasteiger charge is -2.10. The molecule has 19 heavy (non-hydrogen) atoms. The Morgan fingerprint density at radius 2 is 1.79 bits per heavy atom. The first-order valence-electron chi connectivity index (χ1n) is 5.43. The topological polar surface area (TPSA) is 33.0 Å². The summed E-state index contributed by atoms with van der Waals surface area (Å²) in [5.74, 6) is -0.745. The van der Waals surface area contributed by atoms with Gasteiger partial charge in [-0.2, -0.15) is 5.26 Å². The van der Waals surface area contributed by atoms with Crippen LogP contribution in [0.15, 0.2) is 49.0 Å². The van der Waals surface area contributed by atoms with Crippen LogP contribution in [-0.2, 0) is 0 Å². The van der Waals surface area contributed by atoms with E-state index in [1.165, 1.54) is 42.5 Å². The zero-order chi connectivity index (χ0) is 13.8. The molecule has 0 atom stereocenters. The lowest BCUT2D eigenvalue weighted by atomic mass is 10.2. The molecule has 2 aromatic rings. The predicted molar refractivity (Wildman–Crippen MR) is 67.2 cm³/mol. The van der Waals surface area contributed by atoms with Gasteiger partial charge in [-0.05, 0) is 36.4 Å². The van der Waals surface area contributed by atoms with E-state index in [0.29, 0.717) is 5.56 Å². The first-order chi connectivity index (χ1) is 9.11. The first kappa shape index (κ1) is 12.8. The van der Waals surface area contributed by atoms with Crippen LogP contribution < -0.4 is 4.74 Å². The molecule has 0 heterocycles. The second kappa shape index (κ2) is 5.32. The van der Waals surface area contributed by atoms with E-state index in [-0.39, 0.29) is 22.9 Å². The molecule has 4 heteroatoms. The predicted octanol–water partition coefficient (Wildman–Crippen LogP) is 3.89. The molecule has 0 aliphatic carbocycles. The van der Waals surface area contributed by atoms with Crippen molar-refractivity contribution in [1.82, 2.24) is 0 Å². The molecule has 0 unspecified atom stereocenters. The van der Waals surface area contributed by atoms with E-state index in [1.54, 1.807) is 6.07 Å². The van der Waals surface area contributed by atoms with Crippen molar-refractivity contribution in [2.75, 3.05) is 0 Å². The molecule has 2 aromatic carbocycles. The highest BCUT2D eigenvalue weighted by Gasteiger charge is 2.11. The van der Waals surface area contributed by atoms with E-state index in [2.05, 4.69) is 6.58 Å². The van der Waals surface area contributed by atoms with Crippen molar-refractivity contribution < 1.29 is 13.5 Å². The summed E-state index contributed by atoms with van der Waals surface area (Å²) in [6.45, 7) is 3.68. The Bertz CT molecular complexity index is 657. The molecule has 0 N–H and O–H groups in total. The molecular weight excluding hydrogens is 248 g/mol. The first-order valence-corrected chi connectivity index (χ1v) is 5.43. The zero-order valence-electron chi connectivity index (χ0n) is 9.86. The van der Waals surface area contributed by atoms with Gasteiger partial charge in [0.05, 0.1) is 0 Å². The molecule has 0 saturated heterocycles. The van der Waals surface area contributed by atoms with Crippen LogP contribution in [-0.4, -0.2) is 0 Å². The quantitative estimate of drug-likeness (QED) is 0.781. The highest BCUT2D eigenvalue weighted by molar-refractivity contribution is 5.61. The van der Waals surface area contributed by atoms with Crippen LogP contribution in [0, 0.1) is 23.0 Å². The molecule has 94 valence electrons. The third-order valence-electron chi connectivity index (χ3n) is 2.49. The Hall–Kier alpha value is -2.67. The van der Waals surface area contributed by atoms with E-state index in [0.717, 1.165) is 0 Å². The molecule has 0 aliphatic heterocycles. The van der Waals surface area contributed by atoms with E-state index >= 15 is 0 Å². The van der Waals surface area contributed by atoms with Gasteiger partial charge in [0.25, 0.3) is 0 Å². The maximum atomic E-state index is 13.4. The van der Waals surface area contributed by atoms with Crippen LogP contribution in [0.5, 0.6) is 5.75 Å². The number of hydrogen-bond acceptors (Lipinski definition) is 2. The van der Waals surface area contributed by atoms with Crippen molar-refractivity contribution in [2.45, 2.75) is 0 Å². The minimum Gasteiger partial charge on any atom is -0.456 e. The van der Waals surface area contributed by atoms with Gasteiger partial charge in [0.2, 0.25) is 0 Å². The molecule has 2 nitrogen and oxygen atoms in total. The standard InChI is InChI=1S/C15H9F2NO/c1-10(11-5-7-12(16)8-6-11)19-15-4-2-3-14(17)13(15)9-18/h2-8H,1H2. The average molecular weight is 257 g/mol. The highest BCUT2D eigenvalue weighted by Crippen LogP contribution is 2.25. The molecule has 0 fully saturated rings. The van der Waals surface area contributed by atoms with Gasteiger partial charge in [-0.25, -0.2) is 8.78 Å². The Kier molecular flexibility index (Phi) is 3.58. The van der Waals surface area contributed by atoms with Gasteiger partial charge in [-0.1, -0.05) is 12.6 Å². The Morgan fingerprint density at radius 3 is 2.42 bits per heavy atom. The van der Waals surface area contributed by atoms with Crippen LogP contribution in [0.4, 0.5) is 8.78 Å². The fraction of sp³-hybridized carbons (Fsp3) is 0. The summed E-state index contributed by atoms with van der Waals surface area (Å²) < 4.78 is 31.5. The van der Waals surface area contributed by atoms with Crippen molar-refractivity contribution in [2.24, 2.45) is 0 Å². The Balaban J connectivity index is 2.27. The number of hydrogen-bond donors (Lipinski definition) is 0. The van der Waals surface area contributed by atoms with Gasteiger partial charge in [-0.3, -0.25) is 0 Å². The molecule has 0 bridgehead atoms. The summed E-state index contributed by atoms with van der Waals surface area (Å²) in [6.07, 6.45) is 0. The van der Waals surface area contributed by atoms with Gasteiger partial charge in [0.1, 0.15) is 34.8 Å². The van der Waals surface area contributed by atoms with E-state index in [1.807, 2.05) is 0 Å². The van der Waals surface area contributed by atoms with E-state index in [4.69, 9.17) is 10.00 Å². The summed E-state index contributed by atoms with van der Waals surface area (Å²) >= 11 is 0. The Morgan fingerprint density at radius 1 is 1.11 bits per heavy atom. The molecular formula is C15H9F2NO. The van der Waals surface area contributed by atoms with Crippen molar-refractivity contribution in [3.8, 4) is 11.8 Å². The molecule has 0 saturated carbocycles. The van der Waals surface area contributed by atoms with Gasteiger partial charge >= 0.3 is 0 Å². The van der Waals surface area contributed by atoms with Crippen molar-refractivity contribution in [1.29, 1.82) is 5.26 Å². The van der Waals surface area contributed by atoms with Gasteiger partial charge in [-0.15, -0.1) is 0 Å². The minimum atomic E-state index is -0.660. The average Bonchev–Trinajstić information content (AvgIpc) is 2.39. The molecule has 0 spiro atoms. The van der Waals surface area contributed by atoms with Crippen LogP contribution in [0.25, 0.3) is 5.76 Å². The molecule has 2 rings (SSSR count). The fourth-order valence-electron chi connectivity index (χ4n) is 1.53. The molecule has 0 aliphatic rings. The third-order valence-corrected chi connectivity index (χ3v) is 2.49.